The van der Waals surface area contributed by atoms with Crippen LogP contribution in [0, 0.1) is 0 Å². The van der Waals surface area contributed by atoms with Crippen LogP contribution in [0.4, 0.5) is 0 Å². The number of rotatable bonds is 7. The van der Waals surface area contributed by atoms with E-state index in [4.69, 9.17) is 4.74 Å². The Bertz CT molecular complexity index is 1210. The molecular weight excluding hydrogens is 468 g/mol. The monoisotopic (exact) mass is 498 g/mol. The Hall–Kier alpha value is -3.40. The summed E-state index contributed by atoms with van der Waals surface area (Å²) in [4.78, 5) is 33.6. The van der Waals surface area contributed by atoms with Gasteiger partial charge in [0.05, 0.1) is 18.6 Å². The second-order valence-electron chi connectivity index (χ2n) is 8.55. The van der Waals surface area contributed by atoms with Crippen LogP contribution in [0.2, 0.25) is 0 Å². The van der Waals surface area contributed by atoms with Gasteiger partial charge in [0, 0.05) is 44.6 Å². The first-order valence-electron chi connectivity index (χ1n) is 11.7. The molecule has 2 aliphatic heterocycles. The summed E-state index contributed by atoms with van der Waals surface area (Å²) in [6.07, 6.45) is 1.99. The number of amides is 2. The average Bonchev–Trinajstić information content (AvgIpc) is 3.01. The predicted molar refractivity (Wildman–Crippen MR) is 132 cm³/mol. The maximum atomic E-state index is 12.7. The number of fused-ring (bicyclic) bond motifs is 1. The van der Waals surface area contributed by atoms with Crippen molar-refractivity contribution in [2.45, 2.75) is 30.6 Å². The molecule has 2 heterocycles. The van der Waals surface area contributed by atoms with Gasteiger partial charge in [0.2, 0.25) is 11.8 Å². The molecule has 2 aliphatic rings. The number of hydrogen-bond donors (Lipinski definition) is 1. The highest BCUT2D eigenvalue weighted by atomic mass is 32.2. The lowest BCUT2D eigenvalue weighted by molar-refractivity contribution is -0.133. The molecule has 186 valence electrons. The number of ether oxygens (including phenoxy) is 1. The van der Waals surface area contributed by atoms with Crippen LogP contribution in [0.3, 0.4) is 0 Å². The molecule has 1 N–H and O–H groups in total. The zero-order valence-electron chi connectivity index (χ0n) is 19.8. The molecule has 0 unspecified atom stereocenters. The quantitative estimate of drug-likeness (QED) is 0.627. The number of methoxy groups -OCH3 is 1. The van der Waals surface area contributed by atoms with Gasteiger partial charge in [-0.25, -0.2) is 8.42 Å². The van der Waals surface area contributed by atoms with E-state index in [1.807, 2.05) is 29.2 Å². The molecule has 2 aromatic rings. The third-order valence-electron chi connectivity index (χ3n) is 6.25. The summed E-state index contributed by atoms with van der Waals surface area (Å²) in [7, 11) is -1.97. The first-order chi connectivity index (χ1) is 16.9. The Labute approximate surface area is 205 Å². The van der Waals surface area contributed by atoms with E-state index in [2.05, 4.69) is 9.71 Å². The molecule has 2 amide bonds. The first kappa shape index (κ1) is 24.7. The summed E-state index contributed by atoms with van der Waals surface area (Å²) in [5.74, 6) is 1.11. The van der Waals surface area contributed by atoms with E-state index in [0.29, 0.717) is 44.6 Å². The summed E-state index contributed by atoms with van der Waals surface area (Å²) in [6.45, 7) is 2.40. The number of aryl methyl sites for hydroxylation is 1. The van der Waals surface area contributed by atoms with Gasteiger partial charge < -0.3 is 14.5 Å². The highest BCUT2D eigenvalue weighted by Gasteiger charge is 2.30. The van der Waals surface area contributed by atoms with Crippen LogP contribution in [-0.4, -0.2) is 75.7 Å². The summed E-state index contributed by atoms with van der Waals surface area (Å²) in [5.41, 5.74) is 1.61. The van der Waals surface area contributed by atoms with E-state index in [9.17, 15) is 18.0 Å². The van der Waals surface area contributed by atoms with Gasteiger partial charge in [-0.3, -0.25) is 19.3 Å². The van der Waals surface area contributed by atoms with Gasteiger partial charge in [0.15, 0.2) is 0 Å². The summed E-state index contributed by atoms with van der Waals surface area (Å²) < 4.78 is 32.0. The third kappa shape index (κ3) is 6.00. The van der Waals surface area contributed by atoms with E-state index >= 15 is 0 Å². The smallest absolute Gasteiger partial charge is 0.263 e. The summed E-state index contributed by atoms with van der Waals surface area (Å²) in [6, 6.07) is 14.4. The van der Waals surface area contributed by atoms with E-state index in [1.54, 1.807) is 30.2 Å². The van der Waals surface area contributed by atoms with Crippen molar-refractivity contribution in [2.24, 2.45) is 4.99 Å². The predicted octanol–water partition coefficient (Wildman–Crippen LogP) is 1.82. The maximum absolute atomic E-state index is 12.7. The highest BCUT2D eigenvalue weighted by Crippen LogP contribution is 2.22. The fraction of sp³-hybridized carbons (Fsp3) is 0.400. The van der Waals surface area contributed by atoms with Gasteiger partial charge in [0.1, 0.15) is 11.6 Å². The molecule has 2 aromatic carbocycles. The van der Waals surface area contributed by atoms with Crippen LogP contribution in [-0.2, 0) is 26.0 Å². The lowest BCUT2D eigenvalue weighted by Crippen LogP contribution is -2.37. The van der Waals surface area contributed by atoms with Gasteiger partial charge in [-0.1, -0.05) is 24.3 Å². The number of nitrogens with zero attached hydrogens (tertiary/aromatic N) is 3. The number of benzene rings is 2. The van der Waals surface area contributed by atoms with Crippen molar-refractivity contribution in [3.63, 3.8) is 0 Å². The summed E-state index contributed by atoms with van der Waals surface area (Å²) in [5, 5.41) is 0. The standard InChI is InChI=1S/C25H30N4O5S/c1-34-20-10-7-19(8-11-20)9-12-23(30)28-15-4-16-29(18-17-28)24(31)13-14-26-25-21-5-2-3-6-22(21)35(32,33)27-25/h2-3,5-8,10-11H,4,9,12-18H2,1H3,(H,26,27). The second-order valence-corrected chi connectivity index (χ2v) is 10.2. The Balaban J connectivity index is 1.25. The van der Waals surface area contributed by atoms with Gasteiger partial charge >= 0.3 is 0 Å². The molecule has 0 atom stereocenters. The largest absolute Gasteiger partial charge is 0.497 e. The van der Waals surface area contributed by atoms with Crippen molar-refractivity contribution >= 4 is 27.7 Å². The van der Waals surface area contributed by atoms with Crippen LogP contribution in [0.15, 0.2) is 58.4 Å². The van der Waals surface area contributed by atoms with Crippen LogP contribution in [0.1, 0.15) is 30.4 Å². The van der Waals surface area contributed by atoms with Crippen molar-refractivity contribution < 1.29 is 22.7 Å². The minimum Gasteiger partial charge on any atom is -0.497 e. The fourth-order valence-electron chi connectivity index (χ4n) is 4.29. The molecule has 10 heteroatoms. The third-order valence-corrected chi connectivity index (χ3v) is 7.64. The molecule has 1 fully saturated rings. The first-order valence-corrected chi connectivity index (χ1v) is 13.2. The van der Waals surface area contributed by atoms with Crippen molar-refractivity contribution in [2.75, 3.05) is 39.8 Å². The second kappa shape index (κ2) is 10.9. The Morgan fingerprint density at radius 3 is 2.29 bits per heavy atom. The van der Waals surface area contributed by atoms with Gasteiger partial charge in [-0.15, -0.1) is 0 Å². The van der Waals surface area contributed by atoms with E-state index in [0.717, 1.165) is 17.7 Å². The molecule has 0 aliphatic carbocycles. The average molecular weight is 499 g/mol. The molecule has 4 rings (SSSR count). The Kier molecular flexibility index (Phi) is 7.70. The molecule has 0 aromatic heterocycles. The maximum Gasteiger partial charge on any atom is 0.263 e. The minimum absolute atomic E-state index is 0.0454. The highest BCUT2D eigenvalue weighted by molar-refractivity contribution is 7.90. The van der Waals surface area contributed by atoms with Gasteiger partial charge in [0.25, 0.3) is 10.0 Å². The van der Waals surface area contributed by atoms with Gasteiger partial charge in [-0.2, -0.15) is 0 Å². The van der Waals surface area contributed by atoms with Crippen LogP contribution in [0.25, 0.3) is 0 Å². The molecule has 9 nitrogen and oxygen atoms in total. The topological polar surface area (TPSA) is 108 Å². The lowest BCUT2D eigenvalue weighted by atomic mass is 10.1. The molecule has 0 spiro atoms. The number of carbonyl (C=O) groups excluding carboxylic acids is 2. The van der Waals surface area contributed by atoms with E-state index < -0.39 is 10.0 Å². The zero-order chi connectivity index (χ0) is 24.8. The van der Waals surface area contributed by atoms with Crippen LogP contribution < -0.4 is 9.46 Å². The van der Waals surface area contributed by atoms with Crippen LogP contribution >= 0.6 is 0 Å². The SMILES string of the molecule is COc1ccc(CCC(=O)N2CCCN(C(=O)CCN=C3NS(=O)(=O)c4ccccc43)CC2)cc1. The number of aliphatic imine (C=N–C) groups is 1. The summed E-state index contributed by atoms with van der Waals surface area (Å²) >= 11 is 0. The Morgan fingerprint density at radius 2 is 1.60 bits per heavy atom. The van der Waals surface area contributed by atoms with Crippen molar-refractivity contribution in [1.29, 1.82) is 0 Å². The number of carbonyl (C=O) groups is 2. The number of amidine groups is 1. The van der Waals surface area contributed by atoms with Crippen molar-refractivity contribution in [3.8, 4) is 5.75 Å². The number of hydrogen-bond acceptors (Lipinski definition) is 6. The number of sulfonamides is 1. The Morgan fingerprint density at radius 1 is 0.943 bits per heavy atom. The molecule has 35 heavy (non-hydrogen) atoms. The zero-order valence-corrected chi connectivity index (χ0v) is 20.6. The molecule has 0 bridgehead atoms. The fourth-order valence-corrected chi connectivity index (χ4v) is 5.54. The molecular formula is C25H30N4O5S. The minimum atomic E-state index is -3.59. The number of nitrogens with one attached hydrogen (secondary N) is 1. The normalized spacial score (nSPS) is 18.0. The molecule has 0 saturated carbocycles. The lowest BCUT2D eigenvalue weighted by Gasteiger charge is -2.22. The van der Waals surface area contributed by atoms with Crippen LogP contribution in [0.5, 0.6) is 5.75 Å². The van der Waals surface area contributed by atoms with Crippen molar-refractivity contribution in [1.82, 2.24) is 14.5 Å². The van der Waals surface area contributed by atoms with E-state index in [1.165, 1.54) is 6.07 Å². The molecule has 1 saturated heterocycles. The van der Waals surface area contributed by atoms with Crippen molar-refractivity contribution in [3.05, 3.63) is 59.7 Å². The molecule has 0 radical (unpaired) electrons. The van der Waals surface area contributed by atoms with E-state index in [-0.39, 0.29) is 35.5 Å². The van der Waals surface area contributed by atoms with Gasteiger partial charge in [-0.05, 0) is 42.7 Å².